The Labute approximate surface area is 173 Å². The summed E-state index contributed by atoms with van der Waals surface area (Å²) in [7, 11) is 0. The second-order valence-corrected chi connectivity index (χ2v) is 6.72. The summed E-state index contributed by atoms with van der Waals surface area (Å²) in [6, 6.07) is 14.1. The lowest BCUT2D eigenvalue weighted by Gasteiger charge is -2.11. The van der Waals surface area contributed by atoms with Crippen LogP contribution in [0.2, 0.25) is 5.02 Å². The molecule has 4 aromatic rings. The van der Waals surface area contributed by atoms with E-state index in [-0.39, 0.29) is 16.6 Å². The van der Waals surface area contributed by atoms with Crippen LogP contribution in [-0.4, -0.2) is 27.3 Å². The van der Waals surface area contributed by atoms with Crippen LogP contribution in [0.15, 0.2) is 60.8 Å². The summed E-state index contributed by atoms with van der Waals surface area (Å²) in [6.45, 7) is -0.520. The van der Waals surface area contributed by atoms with Crippen LogP contribution in [0.4, 0.5) is 18.9 Å². The van der Waals surface area contributed by atoms with Crippen LogP contribution in [0.5, 0.6) is 5.88 Å². The quantitative estimate of drug-likeness (QED) is 0.462. The Bertz CT molecular complexity index is 1220. The molecule has 0 aliphatic rings. The lowest BCUT2D eigenvalue weighted by molar-refractivity contribution is -0.141. The normalized spacial score (nSPS) is 11.6. The molecule has 2 N–H and O–H groups in total. The SMILES string of the molecule is O=C(COc1cc(C(F)(F)F)nn1-c1ccccc1Cl)Nc1cccc2[nH]ccc12. The Balaban J connectivity index is 1.56. The molecule has 0 saturated carbocycles. The van der Waals surface area contributed by atoms with Crippen LogP contribution in [0, 0.1) is 0 Å². The maximum absolute atomic E-state index is 13.2. The van der Waals surface area contributed by atoms with Crippen molar-refractivity contribution < 1.29 is 22.7 Å². The van der Waals surface area contributed by atoms with Crippen molar-refractivity contribution in [2.45, 2.75) is 6.18 Å². The zero-order valence-electron chi connectivity index (χ0n) is 15.2. The lowest BCUT2D eigenvalue weighted by Crippen LogP contribution is -2.21. The third-order valence-electron chi connectivity index (χ3n) is 4.27. The predicted octanol–water partition coefficient (Wildman–Crippen LogP) is 5.04. The molecule has 30 heavy (non-hydrogen) atoms. The minimum Gasteiger partial charge on any atom is -0.467 e. The highest BCUT2D eigenvalue weighted by Crippen LogP contribution is 2.33. The summed E-state index contributed by atoms with van der Waals surface area (Å²) in [5.41, 5.74) is 0.426. The molecular weight excluding hydrogens is 421 g/mol. The van der Waals surface area contributed by atoms with Crippen molar-refractivity contribution in [1.82, 2.24) is 14.8 Å². The van der Waals surface area contributed by atoms with Crippen molar-refractivity contribution in [3.05, 3.63) is 71.5 Å². The van der Waals surface area contributed by atoms with Gasteiger partial charge in [0.1, 0.15) is 0 Å². The summed E-state index contributed by atoms with van der Waals surface area (Å²) in [5.74, 6) is -0.797. The van der Waals surface area contributed by atoms with Gasteiger partial charge in [-0.1, -0.05) is 29.8 Å². The number of anilines is 1. The first-order valence-electron chi connectivity index (χ1n) is 8.74. The smallest absolute Gasteiger partial charge is 0.435 e. The van der Waals surface area contributed by atoms with Crippen molar-refractivity contribution in [3.8, 4) is 11.6 Å². The first kappa shape index (κ1) is 19.8. The number of hydrogen-bond donors (Lipinski definition) is 2. The van der Waals surface area contributed by atoms with E-state index in [1.807, 2.05) is 6.07 Å². The monoisotopic (exact) mass is 434 g/mol. The summed E-state index contributed by atoms with van der Waals surface area (Å²) in [4.78, 5) is 15.4. The number of amides is 1. The fourth-order valence-electron chi connectivity index (χ4n) is 2.92. The van der Waals surface area contributed by atoms with Gasteiger partial charge >= 0.3 is 6.18 Å². The fraction of sp³-hybridized carbons (Fsp3) is 0.100. The molecule has 4 rings (SSSR count). The summed E-state index contributed by atoms with van der Waals surface area (Å²) >= 11 is 6.09. The number of carbonyl (C=O) groups excluding carboxylic acids is 1. The van der Waals surface area contributed by atoms with Crippen LogP contribution in [-0.2, 0) is 11.0 Å². The zero-order valence-corrected chi connectivity index (χ0v) is 16.0. The van der Waals surface area contributed by atoms with E-state index in [9.17, 15) is 18.0 Å². The molecule has 2 aromatic carbocycles. The third kappa shape index (κ3) is 3.97. The maximum Gasteiger partial charge on any atom is 0.435 e. The molecule has 2 heterocycles. The van der Waals surface area contributed by atoms with E-state index >= 15 is 0 Å². The van der Waals surface area contributed by atoms with Crippen LogP contribution in [0.25, 0.3) is 16.6 Å². The number of alkyl halides is 3. The molecule has 0 aliphatic carbocycles. The van der Waals surface area contributed by atoms with Gasteiger partial charge in [0.2, 0.25) is 5.88 Å². The second kappa shape index (κ2) is 7.75. The van der Waals surface area contributed by atoms with E-state index in [0.717, 1.165) is 21.7 Å². The number of carbonyl (C=O) groups is 1. The average Bonchev–Trinajstić information content (AvgIpc) is 3.34. The van der Waals surface area contributed by atoms with Gasteiger partial charge in [-0.15, -0.1) is 0 Å². The Morgan fingerprint density at radius 2 is 1.97 bits per heavy atom. The molecular formula is C20H14ClF3N4O2. The number of ether oxygens (including phenoxy) is 1. The van der Waals surface area contributed by atoms with Crippen molar-refractivity contribution >= 4 is 34.1 Å². The number of nitrogens with one attached hydrogen (secondary N) is 2. The number of aromatic nitrogens is 3. The standard InChI is InChI=1S/C20H14ClF3N4O2/c21-13-4-1-2-7-16(13)28-19(10-17(27-28)20(22,23)24)30-11-18(29)26-15-6-3-5-14-12(15)8-9-25-14/h1-10,25H,11H2,(H,26,29). The predicted molar refractivity (Wildman–Crippen MR) is 106 cm³/mol. The van der Waals surface area contributed by atoms with E-state index in [2.05, 4.69) is 15.4 Å². The lowest BCUT2D eigenvalue weighted by atomic mass is 10.2. The van der Waals surface area contributed by atoms with Gasteiger partial charge < -0.3 is 15.0 Å². The molecule has 0 bridgehead atoms. The first-order chi connectivity index (χ1) is 14.3. The van der Waals surface area contributed by atoms with Gasteiger partial charge in [-0.05, 0) is 30.3 Å². The van der Waals surface area contributed by atoms with Crippen molar-refractivity contribution in [2.75, 3.05) is 11.9 Å². The largest absolute Gasteiger partial charge is 0.467 e. The Morgan fingerprint density at radius 3 is 2.73 bits per heavy atom. The second-order valence-electron chi connectivity index (χ2n) is 6.31. The molecule has 2 aromatic heterocycles. The van der Waals surface area contributed by atoms with Gasteiger partial charge in [-0.2, -0.15) is 23.0 Å². The number of hydrogen-bond acceptors (Lipinski definition) is 3. The topological polar surface area (TPSA) is 71.9 Å². The number of H-pyrrole nitrogens is 1. The van der Waals surface area contributed by atoms with Crippen molar-refractivity contribution in [1.29, 1.82) is 0 Å². The third-order valence-corrected chi connectivity index (χ3v) is 4.59. The molecule has 6 nitrogen and oxygen atoms in total. The molecule has 0 spiro atoms. The van der Waals surface area contributed by atoms with Crippen molar-refractivity contribution in [3.63, 3.8) is 0 Å². The number of aromatic amines is 1. The summed E-state index contributed by atoms with van der Waals surface area (Å²) < 4.78 is 45.8. The van der Waals surface area contributed by atoms with E-state index in [1.165, 1.54) is 12.1 Å². The van der Waals surface area contributed by atoms with Gasteiger partial charge in [-0.25, -0.2) is 0 Å². The Kier molecular flexibility index (Phi) is 5.13. The van der Waals surface area contributed by atoms with E-state index in [1.54, 1.807) is 36.5 Å². The van der Waals surface area contributed by atoms with Crippen LogP contribution in [0.1, 0.15) is 5.69 Å². The van der Waals surface area contributed by atoms with E-state index in [4.69, 9.17) is 16.3 Å². The molecule has 0 atom stereocenters. The highest BCUT2D eigenvalue weighted by molar-refractivity contribution is 6.32. The molecule has 10 heteroatoms. The van der Waals surface area contributed by atoms with Gasteiger partial charge in [-0.3, -0.25) is 4.79 Å². The Hall–Kier alpha value is -3.46. The molecule has 0 fully saturated rings. The summed E-state index contributed by atoms with van der Waals surface area (Å²) in [6.07, 6.45) is -2.95. The first-order valence-corrected chi connectivity index (χ1v) is 9.11. The van der Waals surface area contributed by atoms with E-state index < -0.39 is 24.4 Å². The van der Waals surface area contributed by atoms with Gasteiger partial charge in [0.15, 0.2) is 12.3 Å². The molecule has 0 aliphatic heterocycles. The minimum atomic E-state index is -4.68. The molecule has 0 radical (unpaired) electrons. The van der Waals surface area contributed by atoms with Gasteiger partial charge in [0.05, 0.1) is 16.4 Å². The van der Waals surface area contributed by atoms with Crippen LogP contribution < -0.4 is 10.1 Å². The number of para-hydroxylation sites is 1. The molecule has 154 valence electrons. The number of rotatable bonds is 5. The number of benzene rings is 2. The number of fused-ring (bicyclic) bond motifs is 1. The van der Waals surface area contributed by atoms with Crippen LogP contribution >= 0.6 is 11.6 Å². The zero-order chi connectivity index (χ0) is 21.3. The van der Waals surface area contributed by atoms with E-state index in [0.29, 0.717) is 5.69 Å². The molecule has 1 amide bonds. The van der Waals surface area contributed by atoms with Crippen molar-refractivity contribution in [2.24, 2.45) is 0 Å². The average molecular weight is 435 g/mol. The molecule has 0 unspecified atom stereocenters. The maximum atomic E-state index is 13.2. The Morgan fingerprint density at radius 1 is 1.17 bits per heavy atom. The minimum absolute atomic E-state index is 0.183. The highest BCUT2D eigenvalue weighted by atomic mass is 35.5. The van der Waals surface area contributed by atoms with Crippen LogP contribution in [0.3, 0.4) is 0 Å². The summed E-state index contributed by atoms with van der Waals surface area (Å²) in [5, 5.41) is 7.22. The molecule has 0 saturated heterocycles. The number of halogens is 4. The van der Waals surface area contributed by atoms with Gasteiger partial charge in [0.25, 0.3) is 5.91 Å². The highest BCUT2D eigenvalue weighted by Gasteiger charge is 2.36. The number of nitrogens with zero attached hydrogens (tertiary/aromatic N) is 2. The van der Waals surface area contributed by atoms with Gasteiger partial charge in [0, 0.05) is 23.2 Å². The fourth-order valence-corrected chi connectivity index (χ4v) is 3.14.